The minimum absolute atomic E-state index is 0.00906. The number of carbonyl (C=O) groups is 2. The number of ether oxygens (including phenoxy) is 1. The number of thiophene rings is 1. The monoisotopic (exact) mass is 521 g/mol. The summed E-state index contributed by atoms with van der Waals surface area (Å²) in [7, 11) is 0. The maximum atomic E-state index is 13.8. The molecule has 3 amide bonds. The van der Waals surface area contributed by atoms with Gasteiger partial charge in [0.25, 0.3) is 0 Å². The second kappa shape index (κ2) is 10.8. The third-order valence-electron chi connectivity index (χ3n) is 8.97. The quantitative estimate of drug-likeness (QED) is 0.478. The van der Waals surface area contributed by atoms with Crippen LogP contribution in [0.2, 0.25) is 0 Å². The summed E-state index contributed by atoms with van der Waals surface area (Å²) < 4.78 is 5.91. The van der Waals surface area contributed by atoms with Crippen molar-refractivity contribution in [2.75, 3.05) is 19.7 Å². The molecule has 4 saturated carbocycles. The zero-order valence-corrected chi connectivity index (χ0v) is 22.5. The molecule has 7 heteroatoms. The summed E-state index contributed by atoms with van der Waals surface area (Å²) in [6, 6.07) is 14.1. The van der Waals surface area contributed by atoms with Crippen molar-refractivity contribution in [2.24, 2.45) is 17.8 Å². The van der Waals surface area contributed by atoms with Crippen LogP contribution in [0.1, 0.15) is 61.8 Å². The van der Waals surface area contributed by atoms with Gasteiger partial charge in [-0.25, -0.2) is 4.79 Å². The van der Waals surface area contributed by atoms with Crippen LogP contribution in [-0.2, 0) is 22.6 Å². The van der Waals surface area contributed by atoms with Gasteiger partial charge in [0, 0.05) is 30.1 Å². The van der Waals surface area contributed by atoms with Gasteiger partial charge >= 0.3 is 6.03 Å². The van der Waals surface area contributed by atoms with Gasteiger partial charge in [0.1, 0.15) is 6.54 Å². The molecule has 0 radical (unpaired) electrons. The zero-order valence-electron chi connectivity index (χ0n) is 21.6. The van der Waals surface area contributed by atoms with Gasteiger partial charge in [0.05, 0.1) is 12.6 Å². The largest absolute Gasteiger partial charge is 0.376 e. The van der Waals surface area contributed by atoms with Gasteiger partial charge in [0.2, 0.25) is 5.91 Å². The minimum Gasteiger partial charge on any atom is -0.376 e. The van der Waals surface area contributed by atoms with Crippen LogP contribution < -0.4 is 5.32 Å². The lowest BCUT2D eigenvalue weighted by atomic mass is 9.53. The fourth-order valence-corrected chi connectivity index (χ4v) is 8.43. The molecule has 1 saturated heterocycles. The van der Waals surface area contributed by atoms with E-state index in [4.69, 9.17) is 4.74 Å². The van der Waals surface area contributed by atoms with E-state index in [1.807, 2.05) is 34.5 Å². The highest BCUT2D eigenvalue weighted by molar-refractivity contribution is 7.09. The average Bonchev–Trinajstić information content (AvgIpc) is 3.57. The second-order valence-electron chi connectivity index (χ2n) is 12.0. The Labute approximate surface area is 224 Å². The highest BCUT2D eigenvalue weighted by Crippen LogP contribution is 2.55. The topological polar surface area (TPSA) is 61.9 Å². The standard InChI is InChI=1S/C30H39N3O3S/c34-28(32(20-27-9-5-11-37-27)18-22-6-2-1-3-7-22)21-33(19-26-8-4-10-36-26)29(35)31-30-15-23-12-24(16-30)14-25(13-23)17-30/h1-3,5-7,9,11,23-26H,4,8,10,12-21H2,(H,31,35). The first-order valence-electron chi connectivity index (χ1n) is 14.1. The van der Waals surface area contributed by atoms with Gasteiger partial charge < -0.3 is 19.9 Å². The van der Waals surface area contributed by atoms with Crippen LogP contribution in [0.4, 0.5) is 4.79 Å². The van der Waals surface area contributed by atoms with E-state index in [1.165, 1.54) is 19.3 Å². The van der Waals surface area contributed by atoms with E-state index in [0.717, 1.165) is 66.9 Å². The summed E-state index contributed by atoms with van der Waals surface area (Å²) in [4.78, 5) is 32.4. The lowest BCUT2D eigenvalue weighted by molar-refractivity contribution is -0.133. The van der Waals surface area contributed by atoms with E-state index in [0.29, 0.717) is 19.6 Å². The number of hydrogen-bond donors (Lipinski definition) is 1. The van der Waals surface area contributed by atoms with Crippen LogP contribution >= 0.6 is 11.3 Å². The molecule has 1 unspecified atom stereocenters. The Morgan fingerprint density at radius 1 is 0.946 bits per heavy atom. The van der Waals surface area contributed by atoms with Gasteiger partial charge in [-0.05, 0) is 86.1 Å². The number of benzene rings is 1. The highest BCUT2D eigenvalue weighted by atomic mass is 32.1. The summed E-state index contributed by atoms with van der Waals surface area (Å²) in [6.45, 7) is 2.37. The molecule has 5 aliphatic rings. The Morgan fingerprint density at radius 2 is 1.68 bits per heavy atom. The summed E-state index contributed by atoms with van der Waals surface area (Å²) in [5.74, 6) is 2.25. The van der Waals surface area contributed by atoms with E-state index in [1.54, 1.807) is 16.2 Å². The first-order chi connectivity index (χ1) is 18.0. The predicted octanol–water partition coefficient (Wildman–Crippen LogP) is 5.44. The Balaban J connectivity index is 1.18. The number of nitrogens with one attached hydrogen (secondary N) is 1. The summed E-state index contributed by atoms with van der Waals surface area (Å²) in [6.07, 6.45) is 9.29. The van der Waals surface area contributed by atoms with Crippen molar-refractivity contribution < 1.29 is 14.3 Å². The lowest BCUT2D eigenvalue weighted by Crippen LogP contribution is -2.62. The van der Waals surface area contributed by atoms with Gasteiger partial charge in [-0.3, -0.25) is 4.79 Å². The van der Waals surface area contributed by atoms with Crippen molar-refractivity contribution >= 4 is 23.3 Å². The highest BCUT2D eigenvalue weighted by Gasteiger charge is 2.52. The molecule has 4 bridgehead atoms. The SMILES string of the molecule is O=C(CN(CC1CCCO1)C(=O)NC12CC3CC(CC(C3)C1)C2)N(Cc1ccccc1)Cc1cccs1. The van der Waals surface area contributed by atoms with Crippen molar-refractivity contribution in [3.05, 3.63) is 58.3 Å². The number of nitrogens with zero attached hydrogens (tertiary/aromatic N) is 2. The van der Waals surface area contributed by atoms with Crippen molar-refractivity contribution in [1.82, 2.24) is 15.1 Å². The molecule has 198 valence electrons. The van der Waals surface area contributed by atoms with Crippen LogP contribution in [0.3, 0.4) is 0 Å². The van der Waals surface area contributed by atoms with Crippen molar-refractivity contribution in [1.29, 1.82) is 0 Å². The lowest BCUT2D eigenvalue weighted by Gasteiger charge is -2.57. The third-order valence-corrected chi connectivity index (χ3v) is 9.83. The number of hydrogen-bond acceptors (Lipinski definition) is 4. The summed E-state index contributed by atoms with van der Waals surface area (Å²) in [5, 5.41) is 5.55. The number of urea groups is 1. The second-order valence-corrected chi connectivity index (χ2v) is 13.0. The third kappa shape index (κ3) is 5.88. The van der Waals surface area contributed by atoms with Gasteiger partial charge in [-0.2, -0.15) is 0 Å². The minimum atomic E-state index is -0.0819. The fourth-order valence-electron chi connectivity index (χ4n) is 7.71. The maximum absolute atomic E-state index is 13.8. The van der Waals surface area contributed by atoms with E-state index in [-0.39, 0.29) is 30.1 Å². The molecule has 2 aromatic rings. The molecule has 2 heterocycles. The van der Waals surface area contributed by atoms with Crippen LogP contribution in [0, 0.1) is 17.8 Å². The van der Waals surface area contributed by atoms with Crippen LogP contribution in [0.5, 0.6) is 0 Å². The first-order valence-corrected chi connectivity index (χ1v) is 14.9. The van der Waals surface area contributed by atoms with E-state index >= 15 is 0 Å². The average molecular weight is 522 g/mol. The molecule has 37 heavy (non-hydrogen) atoms. The molecule has 1 aromatic carbocycles. The number of carbonyl (C=O) groups excluding carboxylic acids is 2. The molecule has 5 fully saturated rings. The molecule has 1 atom stereocenters. The van der Waals surface area contributed by atoms with E-state index in [9.17, 15) is 9.59 Å². The number of amides is 3. The van der Waals surface area contributed by atoms with Crippen LogP contribution in [-0.4, -0.2) is 53.1 Å². The predicted molar refractivity (Wildman–Crippen MR) is 145 cm³/mol. The smallest absolute Gasteiger partial charge is 0.318 e. The zero-order chi connectivity index (χ0) is 25.2. The summed E-state index contributed by atoms with van der Waals surface area (Å²) in [5.41, 5.74) is 1.01. The maximum Gasteiger partial charge on any atom is 0.318 e. The summed E-state index contributed by atoms with van der Waals surface area (Å²) >= 11 is 1.66. The molecular weight excluding hydrogens is 482 g/mol. The van der Waals surface area contributed by atoms with Crippen molar-refractivity contribution in [3.8, 4) is 0 Å². The molecule has 4 aliphatic carbocycles. The molecule has 0 spiro atoms. The van der Waals surface area contributed by atoms with E-state index in [2.05, 4.69) is 23.5 Å². The Hall–Kier alpha value is -2.38. The Bertz CT molecular complexity index is 1030. The molecule has 6 nitrogen and oxygen atoms in total. The van der Waals surface area contributed by atoms with Crippen LogP contribution in [0.15, 0.2) is 47.8 Å². The Kier molecular flexibility index (Phi) is 7.26. The van der Waals surface area contributed by atoms with E-state index < -0.39 is 0 Å². The molecular formula is C30H39N3O3S. The molecule has 1 aromatic heterocycles. The Morgan fingerprint density at radius 3 is 2.30 bits per heavy atom. The van der Waals surface area contributed by atoms with Gasteiger partial charge in [-0.15, -0.1) is 11.3 Å². The van der Waals surface area contributed by atoms with Crippen molar-refractivity contribution in [3.63, 3.8) is 0 Å². The normalized spacial score (nSPS) is 29.8. The molecule has 1 aliphatic heterocycles. The van der Waals surface area contributed by atoms with Crippen molar-refractivity contribution in [2.45, 2.75) is 76.1 Å². The molecule has 1 N–H and O–H groups in total. The van der Waals surface area contributed by atoms with Gasteiger partial charge in [0.15, 0.2) is 0 Å². The first kappa shape index (κ1) is 24.9. The van der Waals surface area contributed by atoms with Gasteiger partial charge in [-0.1, -0.05) is 36.4 Å². The molecule has 7 rings (SSSR count). The number of rotatable bonds is 9. The fraction of sp³-hybridized carbons (Fsp3) is 0.600. The van der Waals surface area contributed by atoms with Crippen LogP contribution in [0.25, 0.3) is 0 Å².